The number of aryl methyl sites for hydroxylation is 2. The third-order valence-corrected chi connectivity index (χ3v) is 7.50. The lowest BCUT2D eigenvalue weighted by molar-refractivity contribution is -0.138. The van der Waals surface area contributed by atoms with Crippen molar-refractivity contribution in [3.8, 4) is 0 Å². The summed E-state index contributed by atoms with van der Waals surface area (Å²) in [7, 11) is 0. The Bertz CT molecular complexity index is 1010. The number of hydrogen-bond donors (Lipinski definition) is 1. The zero-order valence-electron chi connectivity index (χ0n) is 20.3. The highest BCUT2D eigenvalue weighted by atomic mass is 32.2. The van der Waals surface area contributed by atoms with Gasteiger partial charge in [-0.2, -0.15) is 0 Å². The Morgan fingerprint density at radius 1 is 0.829 bits per heavy atom. The van der Waals surface area contributed by atoms with Crippen LogP contribution in [0.15, 0.2) is 75.3 Å². The van der Waals surface area contributed by atoms with Crippen molar-refractivity contribution in [1.82, 2.24) is 0 Å². The molecule has 1 heterocycles. The number of carbonyl (C=O) groups excluding carboxylic acids is 1. The van der Waals surface area contributed by atoms with Crippen molar-refractivity contribution in [2.75, 3.05) is 0 Å². The molecule has 0 aliphatic carbocycles. The Morgan fingerprint density at radius 3 is 2.06 bits per heavy atom. The lowest BCUT2D eigenvalue weighted by atomic mass is 9.98. The van der Waals surface area contributed by atoms with E-state index in [4.69, 9.17) is 5.11 Å². The number of carboxylic acid groups (broad SMARTS) is 1. The lowest BCUT2D eigenvalue weighted by Crippen LogP contribution is -2.30. The molecular weight excluding hydrogens is 460 g/mol. The Kier molecular flexibility index (Phi) is 10.6. The fraction of sp³-hybridized carbons (Fsp3) is 0.481. The van der Waals surface area contributed by atoms with Gasteiger partial charge in [-0.05, 0) is 64.6 Å². The zero-order chi connectivity index (χ0) is 24.9. The predicted molar refractivity (Wildman–Crippen MR) is 138 cm³/mol. The molecule has 2 aromatic carbocycles. The van der Waals surface area contributed by atoms with Gasteiger partial charge in [0.1, 0.15) is 0 Å². The normalized spacial score (nSPS) is 14.8. The summed E-state index contributed by atoms with van der Waals surface area (Å²) in [5, 5.41) is 24.1. The Hall–Kier alpha value is -2.87. The minimum absolute atomic E-state index is 0.118. The number of unbranched alkanes of at least 4 members (excludes halogenated alkanes) is 5. The van der Waals surface area contributed by atoms with Crippen LogP contribution < -0.4 is 0 Å². The zero-order valence-corrected chi connectivity index (χ0v) is 21.1. The summed E-state index contributed by atoms with van der Waals surface area (Å²) < 4.78 is 0. The van der Waals surface area contributed by atoms with Crippen LogP contribution >= 0.6 is 11.8 Å². The standard InChI is InChI=1S/C27H34N4O3S/c1-21(19-25(32)33)27(28-30-31-29-27)35-26(34)20-24-18-12-11-17-23(24)16-10-5-3-2-4-7-13-22-14-8-6-9-15-22/h6,8-9,11-12,14-15,17-18,21H,2-5,7,10,13,16,19-20H2,1H3,(H,32,33). The second kappa shape index (κ2) is 13.9. The Labute approximate surface area is 211 Å². The van der Waals surface area contributed by atoms with E-state index in [1.165, 1.54) is 43.2 Å². The monoisotopic (exact) mass is 494 g/mol. The SMILES string of the molecule is CC(CC(=O)O)C1(SC(=O)Cc2ccccc2CCCCCCCCc2ccccc2)N=NN=N1. The van der Waals surface area contributed by atoms with E-state index in [1.54, 1.807) is 6.92 Å². The average molecular weight is 495 g/mol. The molecule has 0 spiro atoms. The summed E-state index contributed by atoms with van der Waals surface area (Å²) in [6, 6.07) is 18.7. The molecule has 1 unspecified atom stereocenters. The maximum absolute atomic E-state index is 12.9. The van der Waals surface area contributed by atoms with E-state index in [0.29, 0.717) is 0 Å². The van der Waals surface area contributed by atoms with Gasteiger partial charge in [-0.1, -0.05) is 87.2 Å². The van der Waals surface area contributed by atoms with Crippen LogP contribution in [-0.2, 0) is 28.9 Å². The number of nitrogens with zero attached hydrogens (tertiary/aromatic N) is 4. The second-order valence-electron chi connectivity index (χ2n) is 9.06. The minimum atomic E-state index is -1.29. The van der Waals surface area contributed by atoms with Gasteiger partial charge in [0.2, 0.25) is 0 Å². The van der Waals surface area contributed by atoms with E-state index in [2.05, 4.69) is 57.1 Å². The first-order chi connectivity index (χ1) is 17.0. The smallest absolute Gasteiger partial charge is 0.303 e. The molecule has 1 N–H and O–H groups in total. The van der Waals surface area contributed by atoms with Gasteiger partial charge in [0.15, 0.2) is 5.12 Å². The van der Waals surface area contributed by atoms with Crippen LogP contribution in [0.1, 0.15) is 68.6 Å². The van der Waals surface area contributed by atoms with Crippen LogP contribution in [0.5, 0.6) is 0 Å². The fourth-order valence-electron chi connectivity index (χ4n) is 4.25. The molecule has 0 radical (unpaired) electrons. The van der Waals surface area contributed by atoms with Gasteiger partial charge in [0, 0.05) is 12.3 Å². The molecule has 186 valence electrons. The number of carbonyl (C=O) groups is 2. The molecule has 0 bridgehead atoms. The van der Waals surface area contributed by atoms with Gasteiger partial charge < -0.3 is 5.11 Å². The van der Waals surface area contributed by atoms with Crippen LogP contribution in [0.3, 0.4) is 0 Å². The summed E-state index contributed by atoms with van der Waals surface area (Å²) in [5.74, 6) is -1.48. The predicted octanol–water partition coefficient (Wildman–Crippen LogP) is 7.21. The molecule has 1 aliphatic rings. The maximum atomic E-state index is 12.9. The number of hydrogen-bond acceptors (Lipinski definition) is 7. The molecule has 3 rings (SSSR count). The molecule has 1 atom stereocenters. The van der Waals surface area contributed by atoms with E-state index in [-0.39, 0.29) is 18.0 Å². The number of benzene rings is 2. The van der Waals surface area contributed by atoms with E-state index < -0.39 is 16.9 Å². The molecule has 0 saturated heterocycles. The molecule has 0 saturated carbocycles. The van der Waals surface area contributed by atoms with Crippen molar-refractivity contribution in [3.63, 3.8) is 0 Å². The van der Waals surface area contributed by atoms with Crippen LogP contribution in [0.25, 0.3) is 0 Å². The quantitative estimate of drug-likeness (QED) is 0.264. The van der Waals surface area contributed by atoms with Crippen molar-refractivity contribution in [1.29, 1.82) is 0 Å². The first kappa shape index (κ1) is 26.7. The van der Waals surface area contributed by atoms with Gasteiger partial charge >= 0.3 is 5.97 Å². The van der Waals surface area contributed by atoms with Crippen LogP contribution in [0.4, 0.5) is 0 Å². The fourth-order valence-corrected chi connectivity index (χ4v) is 5.25. The summed E-state index contributed by atoms with van der Waals surface area (Å²) in [6.07, 6.45) is 9.42. The summed E-state index contributed by atoms with van der Waals surface area (Å²) in [6.45, 7) is 1.70. The minimum Gasteiger partial charge on any atom is -0.481 e. The Morgan fingerprint density at radius 2 is 1.40 bits per heavy atom. The molecule has 0 aromatic heterocycles. The van der Waals surface area contributed by atoms with E-state index in [9.17, 15) is 9.59 Å². The topological polar surface area (TPSA) is 104 Å². The number of carboxylic acids is 1. The van der Waals surface area contributed by atoms with Gasteiger partial charge in [-0.15, -0.1) is 10.2 Å². The molecule has 0 fully saturated rings. The van der Waals surface area contributed by atoms with Gasteiger partial charge in [-0.3, -0.25) is 9.59 Å². The highest BCUT2D eigenvalue weighted by Gasteiger charge is 2.43. The second-order valence-corrected chi connectivity index (χ2v) is 10.3. The first-order valence-corrected chi connectivity index (χ1v) is 13.2. The molecule has 7 nitrogen and oxygen atoms in total. The molecule has 35 heavy (non-hydrogen) atoms. The Balaban J connectivity index is 1.41. The third-order valence-electron chi connectivity index (χ3n) is 6.26. The van der Waals surface area contributed by atoms with Gasteiger partial charge in [-0.25, -0.2) is 0 Å². The lowest BCUT2D eigenvalue weighted by Gasteiger charge is -2.24. The molecule has 8 heteroatoms. The highest BCUT2D eigenvalue weighted by Crippen LogP contribution is 2.42. The summed E-state index contributed by atoms with van der Waals surface area (Å²) in [4.78, 5) is 22.8. The number of rotatable bonds is 15. The van der Waals surface area contributed by atoms with Crippen molar-refractivity contribution < 1.29 is 14.7 Å². The van der Waals surface area contributed by atoms with Crippen molar-refractivity contribution in [2.45, 2.75) is 76.1 Å². The van der Waals surface area contributed by atoms with Gasteiger partial charge in [0.05, 0.1) is 6.42 Å². The number of thioether (sulfide) groups is 1. The van der Waals surface area contributed by atoms with E-state index in [1.807, 2.05) is 18.2 Å². The van der Waals surface area contributed by atoms with Gasteiger partial charge in [0.25, 0.3) is 4.99 Å². The van der Waals surface area contributed by atoms with Crippen molar-refractivity contribution in [3.05, 3.63) is 71.3 Å². The molecule has 1 aliphatic heterocycles. The molecular formula is C27H34N4O3S. The van der Waals surface area contributed by atoms with Crippen LogP contribution in [-0.4, -0.2) is 21.2 Å². The summed E-state index contributed by atoms with van der Waals surface area (Å²) >= 11 is 0.923. The first-order valence-electron chi connectivity index (χ1n) is 12.4. The van der Waals surface area contributed by atoms with Crippen LogP contribution in [0, 0.1) is 5.92 Å². The highest BCUT2D eigenvalue weighted by molar-refractivity contribution is 8.14. The average Bonchev–Trinajstić information content (AvgIpc) is 3.31. The third kappa shape index (κ3) is 8.69. The maximum Gasteiger partial charge on any atom is 0.303 e. The van der Waals surface area contributed by atoms with Crippen LogP contribution in [0.2, 0.25) is 0 Å². The van der Waals surface area contributed by atoms with Crippen molar-refractivity contribution >= 4 is 22.8 Å². The van der Waals surface area contributed by atoms with E-state index in [0.717, 1.165) is 36.6 Å². The summed E-state index contributed by atoms with van der Waals surface area (Å²) in [5.41, 5.74) is 3.60. The largest absolute Gasteiger partial charge is 0.481 e. The number of aliphatic carboxylic acids is 1. The van der Waals surface area contributed by atoms with Crippen molar-refractivity contribution in [2.24, 2.45) is 26.6 Å². The molecule has 0 amide bonds. The van der Waals surface area contributed by atoms with E-state index >= 15 is 0 Å². The molecule has 2 aromatic rings.